The van der Waals surface area contributed by atoms with Crippen LogP contribution in [0.25, 0.3) is 0 Å². The Morgan fingerprint density at radius 1 is 1.14 bits per heavy atom. The second-order valence-electron chi connectivity index (χ2n) is 7.02. The molecule has 0 saturated carbocycles. The molecule has 0 atom stereocenters. The van der Waals surface area contributed by atoms with Gasteiger partial charge in [-0.3, -0.25) is 4.79 Å². The molecule has 1 aliphatic heterocycles. The summed E-state index contributed by atoms with van der Waals surface area (Å²) in [4.78, 5) is 11.9. The number of carbonyl (C=O) groups is 1. The third-order valence-corrected chi connectivity index (χ3v) is 5.24. The molecule has 0 aliphatic carbocycles. The van der Waals surface area contributed by atoms with E-state index in [9.17, 15) is 22.4 Å². The minimum atomic E-state index is -4.45. The highest BCUT2D eigenvalue weighted by Crippen LogP contribution is 2.31. The van der Waals surface area contributed by atoms with Crippen LogP contribution in [0.3, 0.4) is 0 Å². The van der Waals surface area contributed by atoms with Crippen LogP contribution in [0.15, 0.2) is 30.3 Å². The van der Waals surface area contributed by atoms with Crippen LogP contribution in [0.5, 0.6) is 0 Å². The van der Waals surface area contributed by atoms with Crippen molar-refractivity contribution in [3.63, 3.8) is 0 Å². The van der Waals surface area contributed by atoms with Gasteiger partial charge in [0.05, 0.1) is 22.7 Å². The summed E-state index contributed by atoms with van der Waals surface area (Å²) in [7, 11) is 0. The summed E-state index contributed by atoms with van der Waals surface area (Å²) in [5.74, 6) is -1.68. The molecule has 29 heavy (non-hydrogen) atoms. The summed E-state index contributed by atoms with van der Waals surface area (Å²) in [6.45, 7) is 2.01. The maximum atomic E-state index is 14.3. The highest BCUT2D eigenvalue weighted by atomic mass is 35.5. The van der Waals surface area contributed by atoms with Gasteiger partial charge in [-0.2, -0.15) is 13.2 Å². The summed E-state index contributed by atoms with van der Waals surface area (Å²) in [5.41, 5.74) is 3.38. The zero-order valence-corrected chi connectivity index (χ0v) is 16.4. The van der Waals surface area contributed by atoms with Gasteiger partial charge in [0, 0.05) is 13.0 Å². The largest absolute Gasteiger partial charge is 0.389 e. The molecule has 0 bridgehead atoms. The number of hydrogen-bond donors (Lipinski definition) is 2. The summed E-state index contributed by atoms with van der Waals surface area (Å²) < 4.78 is 51.1. The third-order valence-electron chi connectivity index (χ3n) is 4.92. The van der Waals surface area contributed by atoms with Gasteiger partial charge in [0.1, 0.15) is 5.82 Å². The van der Waals surface area contributed by atoms with Crippen LogP contribution in [0.2, 0.25) is 5.02 Å². The Morgan fingerprint density at radius 2 is 1.90 bits per heavy atom. The van der Waals surface area contributed by atoms with Gasteiger partial charge in [0.15, 0.2) is 5.78 Å². The fourth-order valence-corrected chi connectivity index (χ4v) is 3.65. The summed E-state index contributed by atoms with van der Waals surface area (Å²) in [6, 6.07) is 7.79. The minimum Gasteiger partial charge on any atom is -0.380 e. The topological polar surface area (TPSA) is 41.1 Å². The highest BCUT2D eigenvalue weighted by Gasteiger charge is 2.28. The molecule has 8 heteroatoms. The smallest absolute Gasteiger partial charge is 0.380 e. The van der Waals surface area contributed by atoms with E-state index in [-0.39, 0.29) is 12.1 Å². The monoisotopic (exact) mass is 428 g/mol. The molecule has 2 aromatic carbocycles. The van der Waals surface area contributed by atoms with E-state index in [2.05, 4.69) is 10.6 Å². The first-order chi connectivity index (χ1) is 13.7. The lowest BCUT2D eigenvalue weighted by Gasteiger charge is -2.16. The lowest BCUT2D eigenvalue weighted by molar-refractivity contribution is -0.133. The Kier molecular flexibility index (Phi) is 6.80. The van der Waals surface area contributed by atoms with Gasteiger partial charge in [-0.25, -0.2) is 4.39 Å². The first-order valence-corrected chi connectivity index (χ1v) is 9.75. The minimum absolute atomic E-state index is 0.275. The highest BCUT2D eigenvalue weighted by molar-refractivity contribution is 6.33. The molecule has 0 unspecified atom stereocenters. The maximum Gasteiger partial charge on any atom is 0.389 e. The summed E-state index contributed by atoms with van der Waals surface area (Å²) in [6.07, 6.45) is -4.76. The number of halogens is 5. The standard InChI is InChI=1S/C21H21ClF4N2O/c22-17-4-2-14-6-9-27-10-7-15(14)20(17)28-12-13-1-3-16(18(23)11-13)19(29)5-8-21(24,25)26/h1-4,11,27-28H,5-10,12H2. The Hall–Kier alpha value is -2.12. The average Bonchev–Trinajstić information content (AvgIpc) is 2.90. The van der Waals surface area contributed by atoms with Crippen molar-refractivity contribution in [2.75, 3.05) is 18.4 Å². The van der Waals surface area contributed by atoms with Crippen LogP contribution < -0.4 is 10.6 Å². The van der Waals surface area contributed by atoms with Crippen molar-refractivity contribution >= 4 is 23.1 Å². The quantitative estimate of drug-likeness (QED) is 0.484. The summed E-state index contributed by atoms with van der Waals surface area (Å²) in [5, 5.41) is 7.16. The van der Waals surface area contributed by atoms with Crippen molar-refractivity contribution in [2.45, 2.75) is 38.4 Å². The molecule has 0 saturated heterocycles. The number of carbonyl (C=O) groups excluding carboxylic acids is 1. The molecule has 0 radical (unpaired) electrons. The van der Waals surface area contributed by atoms with Crippen molar-refractivity contribution in [3.05, 3.63) is 63.4 Å². The normalized spacial score (nSPS) is 14.2. The summed E-state index contributed by atoms with van der Waals surface area (Å²) >= 11 is 6.36. The van der Waals surface area contributed by atoms with Gasteiger partial charge in [-0.05, 0) is 60.8 Å². The second-order valence-corrected chi connectivity index (χ2v) is 7.42. The number of rotatable bonds is 6. The van der Waals surface area contributed by atoms with E-state index in [4.69, 9.17) is 11.6 Å². The lowest BCUT2D eigenvalue weighted by atomic mass is 10.0. The van der Waals surface area contributed by atoms with Crippen LogP contribution in [0.1, 0.15) is 39.9 Å². The van der Waals surface area contributed by atoms with Crippen molar-refractivity contribution < 1.29 is 22.4 Å². The Bertz CT molecular complexity index is 899. The number of Topliss-reactive ketones (excluding diaryl/α,β-unsaturated/α-hetero) is 1. The SMILES string of the molecule is O=C(CCC(F)(F)F)c1ccc(CNc2c(Cl)ccc3c2CCNCC3)cc1F. The van der Waals surface area contributed by atoms with Crippen LogP contribution in [0, 0.1) is 5.82 Å². The molecular weight excluding hydrogens is 408 g/mol. The fraction of sp³-hybridized carbons (Fsp3) is 0.381. The molecule has 0 spiro atoms. The Labute approximate surface area is 171 Å². The van der Waals surface area contributed by atoms with Crippen molar-refractivity contribution in [2.24, 2.45) is 0 Å². The Balaban J connectivity index is 1.71. The molecule has 0 aromatic heterocycles. The molecule has 1 heterocycles. The van der Waals surface area contributed by atoms with Crippen LogP contribution in [0.4, 0.5) is 23.2 Å². The van der Waals surface area contributed by atoms with E-state index in [1.54, 1.807) is 0 Å². The van der Waals surface area contributed by atoms with E-state index in [0.717, 1.165) is 37.2 Å². The molecule has 0 fully saturated rings. The third kappa shape index (κ3) is 5.70. The predicted molar refractivity (Wildman–Crippen MR) is 105 cm³/mol. The zero-order chi connectivity index (χ0) is 21.0. The van der Waals surface area contributed by atoms with Crippen molar-refractivity contribution in [3.8, 4) is 0 Å². The molecule has 1 aliphatic rings. The molecule has 156 valence electrons. The Morgan fingerprint density at radius 3 is 2.62 bits per heavy atom. The van der Waals surface area contributed by atoms with E-state index < -0.39 is 30.6 Å². The number of ketones is 1. The van der Waals surface area contributed by atoms with Gasteiger partial charge < -0.3 is 10.6 Å². The number of nitrogens with one attached hydrogen (secondary N) is 2. The van der Waals surface area contributed by atoms with E-state index in [1.165, 1.54) is 23.8 Å². The first kappa shape index (κ1) is 21.6. The van der Waals surface area contributed by atoms with Crippen LogP contribution in [-0.4, -0.2) is 25.0 Å². The van der Waals surface area contributed by atoms with Crippen LogP contribution >= 0.6 is 11.6 Å². The maximum absolute atomic E-state index is 14.3. The lowest BCUT2D eigenvalue weighted by Crippen LogP contribution is -2.16. The van der Waals surface area contributed by atoms with Gasteiger partial charge in [0.2, 0.25) is 0 Å². The number of fused-ring (bicyclic) bond motifs is 1. The molecule has 2 aromatic rings. The van der Waals surface area contributed by atoms with E-state index in [1.807, 2.05) is 12.1 Å². The van der Waals surface area contributed by atoms with Gasteiger partial charge in [-0.1, -0.05) is 23.7 Å². The average molecular weight is 429 g/mol. The molecule has 2 N–H and O–H groups in total. The van der Waals surface area contributed by atoms with Gasteiger partial charge in [0.25, 0.3) is 0 Å². The van der Waals surface area contributed by atoms with E-state index >= 15 is 0 Å². The number of alkyl halides is 3. The number of benzene rings is 2. The number of hydrogen-bond acceptors (Lipinski definition) is 3. The molecule has 3 nitrogen and oxygen atoms in total. The van der Waals surface area contributed by atoms with Crippen LogP contribution in [-0.2, 0) is 19.4 Å². The second kappa shape index (κ2) is 9.13. The fourth-order valence-electron chi connectivity index (χ4n) is 3.41. The number of anilines is 1. The van der Waals surface area contributed by atoms with Crippen molar-refractivity contribution in [1.82, 2.24) is 5.32 Å². The molecule has 0 amide bonds. The van der Waals surface area contributed by atoms with Gasteiger partial charge >= 0.3 is 6.18 Å². The first-order valence-electron chi connectivity index (χ1n) is 9.38. The van der Waals surface area contributed by atoms with Gasteiger partial charge in [-0.15, -0.1) is 0 Å². The zero-order valence-electron chi connectivity index (χ0n) is 15.6. The molecular formula is C21H21ClF4N2O. The molecule has 3 rings (SSSR count). The van der Waals surface area contributed by atoms with E-state index in [0.29, 0.717) is 10.6 Å². The van der Waals surface area contributed by atoms with Crippen molar-refractivity contribution in [1.29, 1.82) is 0 Å². The predicted octanol–water partition coefficient (Wildman–Crippen LogP) is 5.30.